The van der Waals surface area contributed by atoms with Crippen LogP contribution in [0.3, 0.4) is 0 Å². The van der Waals surface area contributed by atoms with Gasteiger partial charge >= 0.3 is 5.97 Å². The highest BCUT2D eigenvalue weighted by molar-refractivity contribution is 8.06. The molecule has 3 rings (SSSR count). The van der Waals surface area contributed by atoms with Crippen molar-refractivity contribution < 1.29 is 9.53 Å². The van der Waals surface area contributed by atoms with Crippen molar-refractivity contribution in [3.63, 3.8) is 0 Å². The minimum absolute atomic E-state index is 0.333. The van der Waals surface area contributed by atoms with E-state index in [-0.39, 0.29) is 5.97 Å². The van der Waals surface area contributed by atoms with Crippen molar-refractivity contribution in [2.45, 2.75) is 0 Å². The monoisotopic (exact) mass is 269 g/mol. The zero-order chi connectivity index (χ0) is 13.2. The molecule has 0 bridgehead atoms. The number of hydrogen-bond acceptors (Lipinski definition) is 4. The Bertz CT molecular complexity index is 757. The van der Waals surface area contributed by atoms with Crippen LogP contribution in [0, 0.1) is 0 Å². The number of hydrogen-bond donors (Lipinski definition) is 0. The molecule has 1 aromatic rings. The fourth-order valence-corrected chi connectivity index (χ4v) is 2.62. The normalized spacial score (nSPS) is 15.8. The van der Waals surface area contributed by atoms with E-state index in [0.29, 0.717) is 5.56 Å². The molecule has 4 heteroatoms. The number of carbonyl (C=O) groups is 1. The third kappa shape index (κ3) is 2.27. The second-order valence-electron chi connectivity index (χ2n) is 4.07. The van der Waals surface area contributed by atoms with Gasteiger partial charge in [0.15, 0.2) is 0 Å². The van der Waals surface area contributed by atoms with Gasteiger partial charge in [-0.05, 0) is 35.8 Å². The first-order chi connectivity index (χ1) is 9.28. The lowest BCUT2D eigenvalue weighted by atomic mass is 10.2. The van der Waals surface area contributed by atoms with Crippen molar-refractivity contribution in [3.05, 3.63) is 68.6 Å². The van der Waals surface area contributed by atoms with Gasteiger partial charge in [-0.1, -0.05) is 23.9 Å². The van der Waals surface area contributed by atoms with E-state index in [1.165, 1.54) is 7.11 Å². The average Bonchev–Trinajstić information content (AvgIpc) is 2.64. The molecule has 94 valence electrons. The molecule has 0 unspecified atom stereocenters. The fraction of sp³-hybridized carbons (Fsp3) is 0.0667. The fourth-order valence-electron chi connectivity index (χ4n) is 1.93. The molecule has 0 spiro atoms. The number of benzene rings is 1. The molecule has 2 heterocycles. The lowest BCUT2D eigenvalue weighted by Gasteiger charge is -2.05. The molecule has 0 radical (unpaired) electrons. The van der Waals surface area contributed by atoms with Crippen LogP contribution in [0.15, 0.2) is 57.4 Å². The number of allylic oxidation sites excluding steroid dienone is 3. The number of carbonyl (C=O) groups excluding carboxylic acids is 1. The Morgan fingerprint density at radius 1 is 1.26 bits per heavy atom. The summed E-state index contributed by atoms with van der Waals surface area (Å²) in [5, 5.41) is 3.81. The maximum Gasteiger partial charge on any atom is 0.337 e. The third-order valence-corrected chi connectivity index (χ3v) is 3.78. The van der Waals surface area contributed by atoms with Gasteiger partial charge in [0.2, 0.25) is 0 Å². The summed E-state index contributed by atoms with van der Waals surface area (Å²) in [5.74, 6) is -0.333. The zero-order valence-corrected chi connectivity index (χ0v) is 11.1. The first-order valence-corrected chi connectivity index (χ1v) is 6.69. The second-order valence-corrected chi connectivity index (χ2v) is 5.02. The summed E-state index contributed by atoms with van der Waals surface area (Å²) < 4.78 is 4.73. The van der Waals surface area contributed by atoms with Gasteiger partial charge < -0.3 is 4.74 Å². The smallest absolute Gasteiger partial charge is 0.337 e. The van der Waals surface area contributed by atoms with Crippen LogP contribution in [-0.4, -0.2) is 13.1 Å². The van der Waals surface area contributed by atoms with Crippen LogP contribution in [0.2, 0.25) is 0 Å². The van der Waals surface area contributed by atoms with Gasteiger partial charge in [-0.15, -0.1) is 0 Å². The van der Waals surface area contributed by atoms with Crippen LogP contribution in [-0.2, 0) is 4.74 Å². The molecule has 19 heavy (non-hydrogen) atoms. The van der Waals surface area contributed by atoms with E-state index in [1.54, 1.807) is 23.9 Å². The Morgan fingerprint density at radius 3 is 3.00 bits per heavy atom. The summed E-state index contributed by atoms with van der Waals surface area (Å²) in [6, 6.07) is 5.38. The van der Waals surface area contributed by atoms with E-state index >= 15 is 0 Å². The van der Waals surface area contributed by atoms with Crippen LogP contribution in [0.5, 0.6) is 0 Å². The van der Waals surface area contributed by atoms with Gasteiger partial charge in [0.05, 0.1) is 23.7 Å². The number of fused-ring (bicyclic) bond motifs is 2. The van der Waals surface area contributed by atoms with Gasteiger partial charge in [0.1, 0.15) is 0 Å². The maximum absolute atomic E-state index is 11.5. The molecule has 0 fully saturated rings. The average molecular weight is 269 g/mol. The van der Waals surface area contributed by atoms with Gasteiger partial charge in [0, 0.05) is 10.1 Å². The van der Waals surface area contributed by atoms with Crippen molar-refractivity contribution in [1.29, 1.82) is 0 Å². The molecule has 0 amide bonds. The molecule has 0 atom stereocenters. The van der Waals surface area contributed by atoms with Gasteiger partial charge in [0.25, 0.3) is 0 Å². The summed E-state index contributed by atoms with van der Waals surface area (Å²) in [7, 11) is 1.38. The quantitative estimate of drug-likeness (QED) is 0.731. The molecule has 0 N–H and O–H groups in total. The van der Waals surface area contributed by atoms with Crippen molar-refractivity contribution >= 4 is 23.8 Å². The Labute approximate surface area is 114 Å². The van der Waals surface area contributed by atoms with E-state index in [9.17, 15) is 4.79 Å². The number of methoxy groups -OCH3 is 1. The summed E-state index contributed by atoms with van der Waals surface area (Å²) in [5.41, 5.74) is 1.49. The predicted octanol–water partition coefficient (Wildman–Crippen LogP) is 1.92. The molecule has 1 aromatic carbocycles. The topological polar surface area (TPSA) is 38.7 Å². The molecular formula is C15H11NO2S. The van der Waals surface area contributed by atoms with Crippen LogP contribution >= 0.6 is 11.8 Å². The third-order valence-electron chi connectivity index (χ3n) is 2.88. The minimum atomic E-state index is -0.333. The van der Waals surface area contributed by atoms with Crippen LogP contribution in [0.1, 0.15) is 10.4 Å². The van der Waals surface area contributed by atoms with Crippen molar-refractivity contribution in [2.75, 3.05) is 7.11 Å². The number of ether oxygens (including phenoxy) is 1. The van der Waals surface area contributed by atoms with Crippen LogP contribution < -0.4 is 10.6 Å². The van der Waals surface area contributed by atoms with Crippen LogP contribution in [0.25, 0.3) is 6.08 Å². The first-order valence-electron chi connectivity index (χ1n) is 5.81. The predicted molar refractivity (Wildman–Crippen MR) is 75.9 cm³/mol. The number of nitrogens with zero attached hydrogens (tertiary/aromatic N) is 1. The highest BCUT2D eigenvalue weighted by atomic mass is 32.2. The van der Waals surface area contributed by atoms with E-state index in [1.807, 2.05) is 35.8 Å². The van der Waals surface area contributed by atoms with Crippen molar-refractivity contribution in [3.8, 4) is 0 Å². The van der Waals surface area contributed by atoms with E-state index in [4.69, 9.17) is 4.74 Å². The Hall–Kier alpha value is -2.07. The minimum Gasteiger partial charge on any atom is -0.465 e. The number of rotatable bonds is 1. The SMILES string of the molecule is COC(=O)c1ccc2c(c1)=CC=C1SC=CC=C1N=2. The van der Waals surface area contributed by atoms with Gasteiger partial charge in [-0.3, -0.25) is 0 Å². The second kappa shape index (κ2) is 4.90. The summed E-state index contributed by atoms with van der Waals surface area (Å²) in [6.45, 7) is 0. The van der Waals surface area contributed by atoms with Crippen LogP contribution in [0.4, 0.5) is 0 Å². The maximum atomic E-state index is 11.5. The van der Waals surface area contributed by atoms with E-state index in [2.05, 4.69) is 4.99 Å². The van der Waals surface area contributed by atoms with Gasteiger partial charge in [-0.25, -0.2) is 9.79 Å². The van der Waals surface area contributed by atoms with E-state index in [0.717, 1.165) is 21.2 Å². The Balaban J connectivity index is 2.18. The Morgan fingerprint density at radius 2 is 2.16 bits per heavy atom. The van der Waals surface area contributed by atoms with Gasteiger partial charge in [-0.2, -0.15) is 0 Å². The van der Waals surface area contributed by atoms with Crippen molar-refractivity contribution in [1.82, 2.24) is 0 Å². The molecule has 3 nitrogen and oxygen atoms in total. The first kappa shape index (κ1) is 12.0. The lowest BCUT2D eigenvalue weighted by molar-refractivity contribution is 0.0600. The summed E-state index contributed by atoms with van der Waals surface area (Å²) in [4.78, 5) is 17.3. The molecule has 0 saturated heterocycles. The highest BCUT2D eigenvalue weighted by Gasteiger charge is 2.09. The number of esters is 1. The molecule has 0 aromatic heterocycles. The largest absolute Gasteiger partial charge is 0.465 e. The Kier molecular flexibility index (Phi) is 3.09. The highest BCUT2D eigenvalue weighted by Crippen LogP contribution is 2.29. The van der Waals surface area contributed by atoms with E-state index < -0.39 is 0 Å². The molecule has 2 aliphatic heterocycles. The summed E-state index contributed by atoms with van der Waals surface area (Å²) >= 11 is 1.64. The molecule has 0 saturated carbocycles. The standard InChI is InChI=1S/C15H11NO2S/c1-18-15(17)11-4-6-12-10(9-11)5-7-14-13(16-12)3-2-8-19-14/h2-9H,1H3. The molecule has 2 aliphatic rings. The van der Waals surface area contributed by atoms with Crippen molar-refractivity contribution in [2.24, 2.45) is 4.99 Å². The summed E-state index contributed by atoms with van der Waals surface area (Å²) in [6.07, 6.45) is 7.97. The lowest BCUT2D eigenvalue weighted by Crippen LogP contribution is -2.25. The zero-order valence-electron chi connectivity index (χ0n) is 10.3. The molecule has 0 aliphatic carbocycles. The molecular weight excluding hydrogens is 258 g/mol. The number of thioether (sulfide) groups is 1.